The molecule has 3 nitrogen and oxygen atoms in total. The van der Waals surface area contributed by atoms with Gasteiger partial charge in [0.25, 0.3) is 0 Å². The zero-order chi connectivity index (χ0) is 7.84. The van der Waals surface area contributed by atoms with Gasteiger partial charge in [0.2, 0.25) is 5.95 Å². The van der Waals surface area contributed by atoms with Crippen molar-refractivity contribution in [2.75, 3.05) is 0 Å². The number of aromatic nitrogens is 2. The van der Waals surface area contributed by atoms with Crippen LogP contribution in [0.25, 0.3) is 0 Å². The molecule has 0 spiro atoms. The molecule has 4 heteroatoms. The maximum atomic E-state index is 12.8. The third-order valence-electron chi connectivity index (χ3n) is 1.98. The normalized spacial score (nSPS) is 23.3. The van der Waals surface area contributed by atoms with E-state index in [1.807, 2.05) is 4.57 Å². The van der Waals surface area contributed by atoms with Gasteiger partial charge in [-0.1, -0.05) is 0 Å². The smallest absolute Gasteiger partial charge is 0.235 e. The zero-order valence-corrected chi connectivity index (χ0v) is 6.34. The van der Waals surface area contributed by atoms with Crippen LogP contribution in [0.1, 0.15) is 12.6 Å². The van der Waals surface area contributed by atoms with E-state index >= 15 is 0 Å². The van der Waals surface area contributed by atoms with Gasteiger partial charge in [0.15, 0.2) is 0 Å². The zero-order valence-electron chi connectivity index (χ0n) is 6.34. The summed E-state index contributed by atoms with van der Waals surface area (Å²) in [6.07, 6.45) is 1.56. The lowest BCUT2D eigenvalue weighted by Crippen LogP contribution is -2.36. The average molecular weight is 155 g/mol. The van der Waals surface area contributed by atoms with E-state index in [1.54, 1.807) is 6.33 Å². The van der Waals surface area contributed by atoms with Crippen molar-refractivity contribution in [2.24, 2.45) is 0 Å². The first-order valence-electron chi connectivity index (χ1n) is 3.70. The van der Waals surface area contributed by atoms with Crippen molar-refractivity contribution < 1.29 is 4.39 Å². The van der Waals surface area contributed by atoms with Gasteiger partial charge in [-0.15, -0.1) is 0 Å². The Morgan fingerprint density at radius 3 is 3.45 bits per heavy atom. The second-order valence-electron chi connectivity index (χ2n) is 2.92. The number of nitrogens with one attached hydrogen (secondary N) is 1. The number of fused-ring (bicyclic) bond motifs is 1. The summed E-state index contributed by atoms with van der Waals surface area (Å²) in [6, 6.07) is 0.413. The highest BCUT2D eigenvalue weighted by atomic mass is 19.1. The number of imidazole rings is 1. The van der Waals surface area contributed by atoms with Gasteiger partial charge in [-0.3, -0.25) is 0 Å². The fourth-order valence-electron chi connectivity index (χ4n) is 1.35. The van der Waals surface area contributed by atoms with Crippen LogP contribution in [0.4, 0.5) is 4.39 Å². The van der Waals surface area contributed by atoms with Crippen molar-refractivity contribution in [3.8, 4) is 0 Å². The molecule has 0 aromatic carbocycles. The van der Waals surface area contributed by atoms with Crippen molar-refractivity contribution in [3.63, 3.8) is 0 Å². The number of hydrogen-bond donors (Lipinski definition) is 1. The molecule has 1 atom stereocenters. The number of nitrogens with zero attached hydrogens (tertiary/aromatic N) is 2. The highest BCUT2D eigenvalue weighted by Crippen LogP contribution is 2.10. The van der Waals surface area contributed by atoms with E-state index < -0.39 is 0 Å². The summed E-state index contributed by atoms with van der Waals surface area (Å²) in [5.41, 5.74) is 0.670. The van der Waals surface area contributed by atoms with Gasteiger partial charge in [0, 0.05) is 19.1 Å². The molecule has 1 aliphatic rings. The van der Waals surface area contributed by atoms with E-state index in [0.717, 1.165) is 6.54 Å². The van der Waals surface area contributed by atoms with Gasteiger partial charge in [0.1, 0.15) is 0 Å². The molecule has 11 heavy (non-hydrogen) atoms. The largest absolute Gasteiger partial charge is 0.329 e. The second kappa shape index (κ2) is 2.30. The highest BCUT2D eigenvalue weighted by Gasteiger charge is 2.17. The van der Waals surface area contributed by atoms with Crippen LogP contribution >= 0.6 is 0 Å². The number of hydrogen-bond acceptors (Lipinski definition) is 2. The summed E-state index contributed by atoms with van der Waals surface area (Å²) in [5, 5.41) is 3.16. The molecule has 0 fully saturated rings. The third-order valence-corrected chi connectivity index (χ3v) is 1.98. The van der Waals surface area contributed by atoms with Crippen LogP contribution in [-0.4, -0.2) is 15.6 Å². The molecule has 1 aliphatic heterocycles. The fraction of sp³-hybridized carbons (Fsp3) is 0.571. The van der Waals surface area contributed by atoms with E-state index in [9.17, 15) is 4.39 Å². The van der Waals surface area contributed by atoms with Crippen LogP contribution in [0.15, 0.2) is 6.33 Å². The molecule has 0 radical (unpaired) electrons. The van der Waals surface area contributed by atoms with Crippen molar-refractivity contribution in [1.82, 2.24) is 14.9 Å². The predicted molar refractivity (Wildman–Crippen MR) is 38.5 cm³/mol. The van der Waals surface area contributed by atoms with Crippen molar-refractivity contribution in [2.45, 2.75) is 26.1 Å². The Balaban J connectivity index is 2.36. The Kier molecular flexibility index (Phi) is 1.42. The molecular formula is C7H10FN3. The molecule has 60 valence electrons. The molecule has 1 aromatic heterocycles. The molecule has 0 bridgehead atoms. The summed E-state index contributed by atoms with van der Waals surface area (Å²) < 4.78 is 14.6. The van der Waals surface area contributed by atoms with Crippen LogP contribution in [0.3, 0.4) is 0 Å². The highest BCUT2D eigenvalue weighted by molar-refractivity contribution is 5.04. The van der Waals surface area contributed by atoms with E-state index in [-0.39, 0.29) is 5.95 Å². The van der Waals surface area contributed by atoms with Crippen LogP contribution in [-0.2, 0) is 13.1 Å². The predicted octanol–water partition coefficient (Wildman–Crippen LogP) is 0.514. The van der Waals surface area contributed by atoms with Crippen LogP contribution in [0.5, 0.6) is 0 Å². The monoisotopic (exact) mass is 155 g/mol. The molecule has 0 unspecified atom stereocenters. The molecule has 1 N–H and O–H groups in total. The maximum absolute atomic E-state index is 12.8. The first-order valence-corrected chi connectivity index (χ1v) is 3.70. The molecule has 0 amide bonds. The molecule has 0 saturated carbocycles. The number of rotatable bonds is 0. The second-order valence-corrected chi connectivity index (χ2v) is 2.92. The Hall–Kier alpha value is -0.900. The Labute approximate surface area is 64.2 Å². The average Bonchev–Trinajstić information content (AvgIpc) is 2.32. The lowest BCUT2D eigenvalue weighted by molar-refractivity contribution is 0.403. The van der Waals surface area contributed by atoms with Gasteiger partial charge >= 0.3 is 0 Å². The Bertz CT molecular complexity index is 269. The van der Waals surface area contributed by atoms with E-state index in [2.05, 4.69) is 17.2 Å². The summed E-state index contributed by atoms with van der Waals surface area (Å²) in [5.74, 6) is -0.343. The maximum Gasteiger partial charge on any atom is 0.235 e. The summed E-state index contributed by atoms with van der Waals surface area (Å²) >= 11 is 0. The standard InChI is InChI=1S/C7H10FN3/c1-5-3-11-4-10-7(8)6(11)2-9-5/h4-5,9H,2-3H2,1H3/t5-/m1/s1. The van der Waals surface area contributed by atoms with Crippen LogP contribution in [0, 0.1) is 5.95 Å². The van der Waals surface area contributed by atoms with Gasteiger partial charge in [-0.25, -0.2) is 4.98 Å². The van der Waals surface area contributed by atoms with Crippen molar-refractivity contribution in [3.05, 3.63) is 18.0 Å². The van der Waals surface area contributed by atoms with Gasteiger partial charge in [0.05, 0.1) is 12.0 Å². The summed E-state index contributed by atoms with van der Waals surface area (Å²) in [7, 11) is 0. The molecular weight excluding hydrogens is 145 g/mol. The van der Waals surface area contributed by atoms with E-state index in [4.69, 9.17) is 0 Å². The minimum atomic E-state index is -0.343. The first kappa shape index (κ1) is 6.79. The summed E-state index contributed by atoms with van der Waals surface area (Å²) in [6.45, 7) is 3.47. The first-order chi connectivity index (χ1) is 5.27. The van der Waals surface area contributed by atoms with E-state index in [1.165, 1.54) is 0 Å². The lowest BCUT2D eigenvalue weighted by atomic mass is 10.2. The molecule has 0 aliphatic carbocycles. The third kappa shape index (κ3) is 1.03. The molecule has 2 rings (SSSR count). The van der Waals surface area contributed by atoms with Gasteiger partial charge in [-0.05, 0) is 6.92 Å². The lowest BCUT2D eigenvalue weighted by Gasteiger charge is -2.21. The fourth-order valence-corrected chi connectivity index (χ4v) is 1.35. The molecule has 2 heterocycles. The van der Waals surface area contributed by atoms with Crippen LogP contribution < -0.4 is 5.32 Å². The minimum absolute atomic E-state index is 0.343. The van der Waals surface area contributed by atoms with Crippen LogP contribution in [0.2, 0.25) is 0 Å². The molecule has 1 aromatic rings. The van der Waals surface area contributed by atoms with Gasteiger partial charge in [-0.2, -0.15) is 4.39 Å². The number of halogens is 1. The topological polar surface area (TPSA) is 29.9 Å². The quantitative estimate of drug-likeness (QED) is 0.591. The van der Waals surface area contributed by atoms with E-state index in [0.29, 0.717) is 18.3 Å². The Morgan fingerprint density at radius 2 is 2.64 bits per heavy atom. The summed E-state index contributed by atoms with van der Waals surface area (Å²) in [4.78, 5) is 3.59. The molecule has 0 saturated heterocycles. The SMILES string of the molecule is C[C@@H]1Cn2cnc(F)c2CN1. The van der Waals surface area contributed by atoms with Crippen molar-refractivity contribution >= 4 is 0 Å². The van der Waals surface area contributed by atoms with Gasteiger partial charge < -0.3 is 9.88 Å². The Morgan fingerprint density at radius 1 is 1.82 bits per heavy atom. The van der Waals surface area contributed by atoms with Crippen molar-refractivity contribution in [1.29, 1.82) is 0 Å². The minimum Gasteiger partial charge on any atom is -0.329 e.